The van der Waals surface area contributed by atoms with Gasteiger partial charge in [0.1, 0.15) is 0 Å². The van der Waals surface area contributed by atoms with Gasteiger partial charge >= 0.3 is 0 Å². The van der Waals surface area contributed by atoms with Gasteiger partial charge in [-0.05, 0) is 54.6 Å². The van der Waals surface area contributed by atoms with E-state index in [9.17, 15) is 5.11 Å². The van der Waals surface area contributed by atoms with Gasteiger partial charge in [0.15, 0.2) is 0 Å². The van der Waals surface area contributed by atoms with Crippen LogP contribution in [-0.4, -0.2) is 17.3 Å². The van der Waals surface area contributed by atoms with E-state index in [1.807, 2.05) is 6.07 Å². The second-order valence-electron chi connectivity index (χ2n) is 7.67. The number of rotatable bonds is 4. The van der Waals surface area contributed by atoms with Crippen molar-refractivity contribution in [1.29, 1.82) is 0 Å². The molecule has 0 bridgehead atoms. The molecule has 0 amide bonds. The molecule has 2 fully saturated rings. The fourth-order valence-corrected chi connectivity index (χ4v) is 5.06. The minimum Gasteiger partial charge on any atom is -0.393 e. The first kappa shape index (κ1) is 16.8. The molecule has 0 heterocycles. The number of hydrogen-bond acceptors (Lipinski definition) is 2. The van der Waals surface area contributed by atoms with Crippen LogP contribution in [0.15, 0.2) is 60.7 Å². The maximum atomic E-state index is 10.8. The number of aliphatic hydroxyl groups is 1. The third-order valence-electron chi connectivity index (χ3n) is 6.22. The lowest BCUT2D eigenvalue weighted by Crippen LogP contribution is -2.46. The Morgan fingerprint density at radius 2 is 1.56 bits per heavy atom. The van der Waals surface area contributed by atoms with Crippen molar-refractivity contribution in [2.24, 2.45) is 11.8 Å². The molecular formula is C23H28O2. The summed E-state index contributed by atoms with van der Waals surface area (Å²) in [5.74, 6) is 1.29. The van der Waals surface area contributed by atoms with E-state index in [4.69, 9.17) is 4.74 Å². The topological polar surface area (TPSA) is 29.5 Å². The van der Waals surface area contributed by atoms with Crippen LogP contribution in [0.25, 0.3) is 0 Å². The highest BCUT2D eigenvalue weighted by molar-refractivity contribution is 5.22. The number of benzene rings is 2. The van der Waals surface area contributed by atoms with Crippen LogP contribution in [0.2, 0.25) is 0 Å². The first-order valence-electron chi connectivity index (χ1n) is 9.71. The fraction of sp³-hybridized carbons (Fsp3) is 0.478. The Morgan fingerprint density at radius 1 is 0.840 bits per heavy atom. The van der Waals surface area contributed by atoms with Crippen molar-refractivity contribution in [2.75, 3.05) is 0 Å². The van der Waals surface area contributed by atoms with E-state index >= 15 is 0 Å². The van der Waals surface area contributed by atoms with E-state index in [2.05, 4.69) is 54.6 Å². The molecule has 0 radical (unpaired) electrons. The first-order valence-corrected chi connectivity index (χ1v) is 9.71. The Morgan fingerprint density at radius 3 is 2.32 bits per heavy atom. The van der Waals surface area contributed by atoms with Crippen LogP contribution < -0.4 is 0 Å². The van der Waals surface area contributed by atoms with E-state index in [0.29, 0.717) is 24.4 Å². The SMILES string of the molecule is O[C@H]1CC[C@H](OCc2ccccc2)[C@H]2CCC[C@@H](c3ccccc3)[C@@H]21. The molecule has 5 atom stereocenters. The molecule has 4 rings (SSSR count). The van der Waals surface area contributed by atoms with Gasteiger partial charge in [-0.3, -0.25) is 0 Å². The minimum atomic E-state index is -0.188. The third kappa shape index (κ3) is 3.65. The van der Waals surface area contributed by atoms with Crippen LogP contribution in [0.5, 0.6) is 0 Å². The van der Waals surface area contributed by atoms with Crippen molar-refractivity contribution in [3.63, 3.8) is 0 Å². The van der Waals surface area contributed by atoms with Gasteiger partial charge in [-0.15, -0.1) is 0 Å². The number of hydrogen-bond donors (Lipinski definition) is 1. The molecule has 2 aromatic carbocycles. The molecule has 132 valence electrons. The maximum Gasteiger partial charge on any atom is 0.0720 e. The zero-order valence-corrected chi connectivity index (χ0v) is 14.8. The Hall–Kier alpha value is -1.64. The summed E-state index contributed by atoms with van der Waals surface area (Å²) in [5, 5.41) is 10.8. The van der Waals surface area contributed by atoms with Gasteiger partial charge in [0.05, 0.1) is 18.8 Å². The predicted octanol–water partition coefficient (Wildman–Crippen LogP) is 4.93. The fourth-order valence-electron chi connectivity index (χ4n) is 5.06. The molecule has 0 aliphatic heterocycles. The zero-order chi connectivity index (χ0) is 17.1. The molecule has 2 nitrogen and oxygen atoms in total. The molecule has 2 aromatic rings. The predicted molar refractivity (Wildman–Crippen MR) is 100 cm³/mol. The Kier molecular flexibility index (Phi) is 5.19. The standard InChI is InChI=1S/C23H28O2/c24-21-14-15-22(25-16-17-8-3-1-4-9-17)20-13-7-12-19(23(20)21)18-10-5-2-6-11-18/h1-6,8-11,19-24H,7,12-16H2/t19-,20+,21-,22-,23-/m0/s1. The summed E-state index contributed by atoms with van der Waals surface area (Å²) in [4.78, 5) is 0. The molecule has 25 heavy (non-hydrogen) atoms. The van der Waals surface area contributed by atoms with Crippen LogP contribution >= 0.6 is 0 Å². The van der Waals surface area contributed by atoms with Crippen molar-refractivity contribution >= 4 is 0 Å². The van der Waals surface area contributed by atoms with Gasteiger partial charge in [0, 0.05) is 0 Å². The molecule has 2 saturated carbocycles. The highest BCUT2D eigenvalue weighted by Crippen LogP contribution is 2.49. The summed E-state index contributed by atoms with van der Waals surface area (Å²) in [6.07, 6.45) is 5.55. The van der Waals surface area contributed by atoms with Gasteiger partial charge in [-0.2, -0.15) is 0 Å². The summed E-state index contributed by atoms with van der Waals surface area (Å²) in [7, 11) is 0. The number of aliphatic hydroxyl groups excluding tert-OH is 1. The summed E-state index contributed by atoms with van der Waals surface area (Å²) >= 11 is 0. The van der Waals surface area contributed by atoms with Crippen LogP contribution in [-0.2, 0) is 11.3 Å². The van der Waals surface area contributed by atoms with E-state index in [-0.39, 0.29) is 12.2 Å². The first-order chi connectivity index (χ1) is 12.3. The van der Waals surface area contributed by atoms with Gasteiger partial charge in [0.2, 0.25) is 0 Å². The van der Waals surface area contributed by atoms with Gasteiger partial charge in [-0.25, -0.2) is 0 Å². The van der Waals surface area contributed by atoms with E-state index in [1.54, 1.807) is 0 Å². The molecule has 0 saturated heterocycles. The van der Waals surface area contributed by atoms with Crippen LogP contribution in [0.4, 0.5) is 0 Å². The average molecular weight is 336 g/mol. The van der Waals surface area contributed by atoms with Crippen molar-refractivity contribution in [3.8, 4) is 0 Å². The van der Waals surface area contributed by atoms with Gasteiger partial charge < -0.3 is 9.84 Å². The van der Waals surface area contributed by atoms with Crippen LogP contribution in [0.3, 0.4) is 0 Å². The maximum absolute atomic E-state index is 10.8. The second-order valence-corrected chi connectivity index (χ2v) is 7.67. The molecular weight excluding hydrogens is 308 g/mol. The number of ether oxygens (including phenoxy) is 1. The lowest BCUT2D eigenvalue weighted by Gasteiger charge is -2.48. The minimum absolute atomic E-state index is 0.188. The van der Waals surface area contributed by atoms with E-state index in [0.717, 1.165) is 12.8 Å². The molecule has 0 aromatic heterocycles. The second kappa shape index (κ2) is 7.72. The molecule has 0 spiro atoms. The highest BCUT2D eigenvalue weighted by Gasteiger charge is 2.45. The van der Waals surface area contributed by atoms with Gasteiger partial charge in [0.25, 0.3) is 0 Å². The average Bonchev–Trinajstić information content (AvgIpc) is 2.69. The van der Waals surface area contributed by atoms with Crippen molar-refractivity contribution in [2.45, 2.75) is 56.8 Å². The summed E-state index contributed by atoms with van der Waals surface area (Å²) in [5.41, 5.74) is 2.63. The van der Waals surface area contributed by atoms with Crippen LogP contribution in [0.1, 0.15) is 49.1 Å². The highest BCUT2D eigenvalue weighted by atomic mass is 16.5. The van der Waals surface area contributed by atoms with Crippen molar-refractivity contribution < 1.29 is 9.84 Å². The number of fused-ring (bicyclic) bond motifs is 1. The summed E-state index contributed by atoms with van der Waals surface area (Å²) < 4.78 is 6.36. The normalized spacial score (nSPS) is 32.1. The largest absolute Gasteiger partial charge is 0.393 e. The zero-order valence-electron chi connectivity index (χ0n) is 14.8. The lowest BCUT2D eigenvalue weighted by atomic mass is 9.61. The molecule has 2 heteroatoms. The van der Waals surface area contributed by atoms with Crippen LogP contribution in [0, 0.1) is 11.8 Å². The summed E-state index contributed by atoms with van der Waals surface area (Å²) in [6, 6.07) is 21.2. The Bertz CT molecular complexity index is 654. The van der Waals surface area contributed by atoms with Crippen molar-refractivity contribution in [3.05, 3.63) is 71.8 Å². The van der Waals surface area contributed by atoms with E-state index in [1.165, 1.54) is 30.4 Å². The monoisotopic (exact) mass is 336 g/mol. The Labute approximate surface area is 150 Å². The Balaban J connectivity index is 1.50. The smallest absolute Gasteiger partial charge is 0.0720 e. The lowest BCUT2D eigenvalue weighted by molar-refractivity contribution is -0.104. The van der Waals surface area contributed by atoms with Crippen molar-refractivity contribution in [1.82, 2.24) is 0 Å². The molecule has 0 unspecified atom stereocenters. The van der Waals surface area contributed by atoms with Gasteiger partial charge in [-0.1, -0.05) is 67.1 Å². The molecule has 1 N–H and O–H groups in total. The third-order valence-corrected chi connectivity index (χ3v) is 6.22. The molecule has 2 aliphatic rings. The summed E-state index contributed by atoms with van der Waals surface area (Å²) in [6.45, 7) is 0.681. The molecule has 2 aliphatic carbocycles. The quantitative estimate of drug-likeness (QED) is 0.858. The van der Waals surface area contributed by atoms with E-state index < -0.39 is 0 Å².